The Morgan fingerprint density at radius 1 is 1.40 bits per heavy atom. The minimum atomic E-state index is -0.0842. The lowest BCUT2D eigenvalue weighted by atomic mass is 9.95. The third-order valence-electron chi connectivity index (χ3n) is 4.33. The van der Waals surface area contributed by atoms with Crippen molar-refractivity contribution in [1.82, 2.24) is 5.32 Å². The van der Waals surface area contributed by atoms with E-state index in [4.69, 9.17) is 0 Å². The van der Waals surface area contributed by atoms with Gasteiger partial charge in [-0.25, -0.2) is 4.39 Å². The zero-order valence-electron chi connectivity index (χ0n) is 13.0. The van der Waals surface area contributed by atoms with Crippen LogP contribution in [0.3, 0.4) is 0 Å². The van der Waals surface area contributed by atoms with E-state index < -0.39 is 0 Å². The van der Waals surface area contributed by atoms with Crippen LogP contribution in [0, 0.1) is 17.7 Å². The first-order valence-electron chi connectivity index (χ1n) is 7.86. The summed E-state index contributed by atoms with van der Waals surface area (Å²) in [6.07, 6.45) is 2.29. The highest BCUT2D eigenvalue weighted by atomic mass is 19.1. The van der Waals surface area contributed by atoms with Gasteiger partial charge in [-0.1, -0.05) is 26.8 Å². The summed E-state index contributed by atoms with van der Waals surface area (Å²) in [5.41, 5.74) is 1.90. The minimum absolute atomic E-state index is 0.0842. The van der Waals surface area contributed by atoms with Gasteiger partial charge in [-0.15, -0.1) is 0 Å². The molecule has 1 aromatic rings. The van der Waals surface area contributed by atoms with Crippen LogP contribution in [0.5, 0.6) is 0 Å². The maximum absolute atomic E-state index is 14.1. The smallest absolute Gasteiger partial charge is 0.129 e. The summed E-state index contributed by atoms with van der Waals surface area (Å²) in [4.78, 5) is 2.36. The molecule has 0 saturated carbocycles. The fourth-order valence-corrected chi connectivity index (χ4v) is 2.96. The van der Waals surface area contributed by atoms with Crippen LogP contribution in [0.4, 0.5) is 10.1 Å². The van der Waals surface area contributed by atoms with Gasteiger partial charge in [0.05, 0.1) is 0 Å². The molecule has 1 unspecified atom stereocenters. The number of nitrogens with zero attached hydrogens (tertiary/aromatic N) is 1. The summed E-state index contributed by atoms with van der Waals surface area (Å²) < 4.78 is 14.1. The predicted molar refractivity (Wildman–Crippen MR) is 83.6 cm³/mol. The topological polar surface area (TPSA) is 15.3 Å². The summed E-state index contributed by atoms with van der Waals surface area (Å²) in [5, 5.41) is 3.32. The van der Waals surface area contributed by atoms with Crippen molar-refractivity contribution in [3.05, 3.63) is 29.6 Å². The Labute approximate surface area is 122 Å². The van der Waals surface area contributed by atoms with Gasteiger partial charge in [0.2, 0.25) is 0 Å². The number of benzene rings is 1. The zero-order chi connectivity index (χ0) is 14.5. The predicted octanol–water partition coefficient (Wildman–Crippen LogP) is 3.81. The van der Waals surface area contributed by atoms with Gasteiger partial charge in [0.15, 0.2) is 0 Å². The molecule has 0 radical (unpaired) electrons. The highest BCUT2D eigenvalue weighted by Crippen LogP contribution is 2.31. The Hall–Kier alpha value is -1.09. The molecule has 0 aromatic heterocycles. The van der Waals surface area contributed by atoms with Crippen LogP contribution in [0.25, 0.3) is 0 Å². The molecule has 1 fully saturated rings. The molecular formula is C17H27FN2. The van der Waals surface area contributed by atoms with Crippen LogP contribution in [0.1, 0.15) is 39.2 Å². The van der Waals surface area contributed by atoms with Crippen LogP contribution in [0.2, 0.25) is 0 Å². The van der Waals surface area contributed by atoms with Gasteiger partial charge in [-0.05, 0) is 43.4 Å². The van der Waals surface area contributed by atoms with E-state index in [2.05, 4.69) is 37.1 Å². The van der Waals surface area contributed by atoms with Crippen LogP contribution < -0.4 is 10.2 Å². The number of halogens is 1. The standard InChI is InChI=1S/C17H27FN2/c1-4-9-19-11-15-16(18)6-5-7-17(15)20-10-8-14(12-20)13(2)3/h5-7,13-14,19H,4,8-12H2,1-3H3. The molecule has 1 aliphatic rings. The maximum Gasteiger partial charge on any atom is 0.129 e. The summed E-state index contributed by atoms with van der Waals surface area (Å²) in [6, 6.07) is 5.47. The normalized spacial score (nSPS) is 19.1. The molecule has 0 amide bonds. The third-order valence-corrected chi connectivity index (χ3v) is 4.33. The van der Waals surface area contributed by atoms with E-state index in [1.165, 1.54) is 6.42 Å². The number of nitrogens with one attached hydrogen (secondary N) is 1. The Balaban J connectivity index is 2.13. The molecule has 20 heavy (non-hydrogen) atoms. The second-order valence-corrected chi connectivity index (χ2v) is 6.15. The summed E-state index contributed by atoms with van der Waals surface area (Å²) in [7, 11) is 0. The van der Waals surface area contributed by atoms with Gasteiger partial charge in [0.1, 0.15) is 5.82 Å². The average molecular weight is 278 g/mol. The van der Waals surface area contributed by atoms with Crippen molar-refractivity contribution >= 4 is 5.69 Å². The average Bonchev–Trinajstić information content (AvgIpc) is 2.90. The summed E-state index contributed by atoms with van der Waals surface area (Å²) in [6.45, 7) is 10.4. The van der Waals surface area contributed by atoms with Crippen LogP contribution in [0.15, 0.2) is 18.2 Å². The Kier molecular flexibility index (Phi) is 5.41. The highest BCUT2D eigenvalue weighted by molar-refractivity contribution is 5.55. The van der Waals surface area contributed by atoms with Gasteiger partial charge in [-0.2, -0.15) is 0 Å². The SMILES string of the molecule is CCCNCc1c(F)cccc1N1CCC(C(C)C)C1. The largest absolute Gasteiger partial charge is 0.371 e. The molecule has 1 aromatic carbocycles. The quantitative estimate of drug-likeness (QED) is 0.796. The van der Waals surface area contributed by atoms with Crippen LogP contribution >= 0.6 is 0 Å². The second kappa shape index (κ2) is 7.07. The lowest BCUT2D eigenvalue weighted by Gasteiger charge is -2.23. The van der Waals surface area contributed by atoms with E-state index in [9.17, 15) is 4.39 Å². The van der Waals surface area contributed by atoms with E-state index in [0.29, 0.717) is 12.5 Å². The van der Waals surface area contributed by atoms with Gasteiger partial charge >= 0.3 is 0 Å². The van der Waals surface area contributed by atoms with Crippen molar-refractivity contribution in [3.8, 4) is 0 Å². The van der Waals surface area contributed by atoms with Gasteiger partial charge in [-0.3, -0.25) is 0 Å². The van der Waals surface area contributed by atoms with Crippen molar-refractivity contribution in [2.45, 2.75) is 40.2 Å². The molecule has 0 bridgehead atoms. The Morgan fingerprint density at radius 3 is 2.85 bits per heavy atom. The van der Waals surface area contributed by atoms with Crippen molar-refractivity contribution < 1.29 is 4.39 Å². The molecule has 2 nitrogen and oxygen atoms in total. The zero-order valence-corrected chi connectivity index (χ0v) is 13.0. The highest BCUT2D eigenvalue weighted by Gasteiger charge is 2.26. The molecule has 112 valence electrons. The molecule has 1 N–H and O–H groups in total. The van der Waals surface area contributed by atoms with Crippen molar-refractivity contribution in [3.63, 3.8) is 0 Å². The molecule has 3 heteroatoms. The first-order chi connectivity index (χ1) is 9.63. The van der Waals surface area contributed by atoms with Crippen molar-refractivity contribution in [2.24, 2.45) is 11.8 Å². The first kappa shape index (κ1) is 15.3. The molecule has 1 aliphatic heterocycles. The molecule has 1 heterocycles. The van der Waals surface area contributed by atoms with Crippen LogP contribution in [-0.4, -0.2) is 19.6 Å². The second-order valence-electron chi connectivity index (χ2n) is 6.15. The van der Waals surface area contributed by atoms with E-state index in [1.54, 1.807) is 6.07 Å². The van der Waals surface area contributed by atoms with Gasteiger partial charge < -0.3 is 10.2 Å². The van der Waals surface area contributed by atoms with E-state index in [1.807, 2.05) is 6.07 Å². The molecule has 1 atom stereocenters. The number of hydrogen-bond acceptors (Lipinski definition) is 2. The van der Waals surface area contributed by atoms with Gasteiger partial charge in [0.25, 0.3) is 0 Å². The number of rotatable bonds is 6. The monoisotopic (exact) mass is 278 g/mol. The summed E-state index contributed by atoms with van der Waals surface area (Å²) in [5.74, 6) is 1.35. The fourth-order valence-electron chi connectivity index (χ4n) is 2.96. The van der Waals surface area contributed by atoms with E-state index >= 15 is 0 Å². The fraction of sp³-hybridized carbons (Fsp3) is 0.647. The lowest BCUT2D eigenvalue weighted by Crippen LogP contribution is -2.24. The van der Waals surface area contributed by atoms with Crippen molar-refractivity contribution in [2.75, 3.05) is 24.5 Å². The molecular weight excluding hydrogens is 251 g/mol. The third kappa shape index (κ3) is 3.51. The van der Waals surface area contributed by atoms with Crippen LogP contribution in [-0.2, 0) is 6.54 Å². The molecule has 0 aliphatic carbocycles. The molecule has 1 saturated heterocycles. The number of hydrogen-bond donors (Lipinski definition) is 1. The van der Waals surface area contributed by atoms with E-state index in [-0.39, 0.29) is 5.82 Å². The number of anilines is 1. The van der Waals surface area contributed by atoms with Gasteiger partial charge in [0, 0.05) is 30.9 Å². The Bertz CT molecular complexity index is 431. The lowest BCUT2D eigenvalue weighted by molar-refractivity contribution is 0.422. The van der Waals surface area contributed by atoms with Crippen molar-refractivity contribution in [1.29, 1.82) is 0 Å². The molecule has 0 spiro atoms. The minimum Gasteiger partial charge on any atom is -0.371 e. The summed E-state index contributed by atoms with van der Waals surface area (Å²) >= 11 is 0. The Morgan fingerprint density at radius 2 is 2.20 bits per heavy atom. The first-order valence-corrected chi connectivity index (χ1v) is 7.86. The molecule has 2 rings (SSSR count). The maximum atomic E-state index is 14.1. The van der Waals surface area contributed by atoms with E-state index in [0.717, 1.165) is 43.2 Å².